The number of hydrogen-bond acceptors (Lipinski definition) is 3. The summed E-state index contributed by atoms with van der Waals surface area (Å²) in [6.07, 6.45) is -0.930. The molecule has 1 aromatic rings. The Kier molecular flexibility index (Phi) is 5.41. The first-order valence-electron chi connectivity index (χ1n) is 7.23. The number of aromatic nitrogens is 2. The van der Waals surface area contributed by atoms with Crippen LogP contribution >= 0.6 is 11.8 Å². The third-order valence-corrected chi connectivity index (χ3v) is 4.73. The molecule has 0 aliphatic carbocycles. The van der Waals surface area contributed by atoms with E-state index in [0.717, 1.165) is 24.7 Å². The van der Waals surface area contributed by atoms with Crippen molar-refractivity contribution in [2.24, 2.45) is 5.92 Å². The molecule has 1 aliphatic heterocycles. The van der Waals surface area contributed by atoms with Crippen LogP contribution in [0.25, 0.3) is 0 Å². The highest BCUT2D eigenvalue weighted by atomic mass is 32.2. The number of nitrogens with one attached hydrogen (secondary N) is 1. The molecule has 8 heteroatoms. The average molecular weight is 335 g/mol. The lowest BCUT2D eigenvalue weighted by Crippen LogP contribution is -2.42. The number of hydrogen-bond donors (Lipinski definition) is 1. The number of halogens is 3. The molecule has 4 nitrogen and oxygen atoms in total. The summed E-state index contributed by atoms with van der Waals surface area (Å²) < 4.78 is 37.8. The molecule has 1 N–H and O–H groups in total. The molecule has 0 aromatic carbocycles. The Morgan fingerprint density at radius 1 is 1.59 bits per heavy atom. The number of nitrogens with zero attached hydrogens (tertiary/aromatic N) is 2. The van der Waals surface area contributed by atoms with Gasteiger partial charge in [0.2, 0.25) is 5.91 Å². The van der Waals surface area contributed by atoms with Crippen LogP contribution in [0, 0.1) is 5.92 Å². The van der Waals surface area contributed by atoms with E-state index in [4.69, 9.17) is 0 Å². The lowest BCUT2D eigenvalue weighted by molar-refractivity contribution is -0.141. The largest absolute Gasteiger partial charge is 0.435 e. The van der Waals surface area contributed by atoms with E-state index in [9.17, 15) is 18.0 Å². The van der Waals surface area contributed by atoms with E-state index in [1.807, 2.05) is 13.2 Å². The van der Waals surface area contributed by atoms with Crippen LogP contribution in [0.2, 0.25) is 0 Å². The zero-order valence-corrected chi connectivity index (χ0v) is 13.4. The van der Waals surface area contributed by atoms with E-state index < -0.39 is 11.9 Å². The van der Waals surface area contributed by atoms with Crippen LogP contribution in [0.5, 0.6) is 0 Å². The molecular formula is C14H20F3N3OS. The fourth-order valence-electron chi connectivity index (χ4n) is 2.76. The number of thioether (sulfide) groups is 1. The minimum Gasteiger partial charge on any atom is -0.342 e. The molecule has 0 radical (unpaired) electrons. The first-order chi connectivity index (χ1) is 10.3. The van der Waals surface area contributed by atoms with Gasteiger partial charge in [-0.05, 0) is 25.2 Å². The van der Waals surface area contributed by atoms with Crippen molar-refractivity contribution in [3.05, 3.63) is 17.5 Å². The van der Waals surface area contributed by atoms with Crippen molar-refractivity contribution < 1.29 is 18.0 Å². The number of alkyl halides is 3. The highest BCUT2D eigenvalue weighted by Crippen LogP contribution is 2.32. The summed E-state index contributed by atoms with van der Waals surface area (Å²) in [7, 11) is 0. The van der Waals surface area contributed by atoms with E-state index >= 15 is 0 Å². The number of aromatic amines is 1. The quantitative estimate of drug-likeness (QED) is 0.920. The second-order valence-corrected chi connectivity index (χ2v) is 6.60. The molecule has 124 valence electrons. The van der Waals surface area contributed by atoms with Gasteiger partial charge in [0.1, 0.15) is 0 Å². The molecule has 2 heterocycles. The Bertz CT molecular complexity index is 518. The Morgan fingerprint density at radius 2 is 2.32 bits per heavy atom. The third kappa shape index (κ3) is 3.97. The number of piperidine rings is 1. The zero-order valence-electron chi connectivity index (χ0n) is 12.6. The van der Waals surface area contributed by atoms with Gasteiger partial charge in [0.15, 0.2) is 5.69 Å². The summed E-state index contributed by atoms with van der Waals surface area (Å²) in [5, 5.41) is 5.82. The molecule has 1 aromatic heterocycles. The van der Waals surface area contributed by atoms with Crippen LogP contribution < -0.4 is 0 Å². The summed E-state index contributed by atoms with van der Waals surface area (Å²) in [4.78, 5) is 14.1. The average Bonchev–Trinajstić information content (AvgIpc) is 2.97. The summed E-state index contributed by atoms with van der Waals surface area (Å²) in [6.45, 7) is 3.02. The SMILES string of the molecule is CSC[C@@H](C)C(=O)N1CCC[C@@H](c2cc(C(F)(F)F)n[nH]2)C1. The maximum Gasteiger partial charge on any atom is 0.435 e. The van der Waals surface area contributed by atoms with Gasteiger partial charge in [-0.1, -0.05) is 6.92 Å². The summed E-state index contributed by atoms with van der Waals surface area (Å²) in [5.41, 5.74) is -0.441. The lowest BCUT2D eigenvalue weighted by atomic mass is 9.94. The second kappa shape index (κ2) is 6.93. The summed E-state index contributed by atoms with van der Waals surface area (Å²) >= 11 is 1.62. The fourth-order valence-corrected chi connectivity index (χ4v) is 3.40. The highest BCUT2D eigenvalue weighted by Gasteiger charge is 2.35. The van der Waals surface area contributed by atoms with Gasteiger partial charge in [-0.2, -0.15) is 30.0 Å². The molecule has 2 atom stereocenters. The van der Waals surface area contributed by atoms with Crippen molar-refractivity contribution >= 4 is 17.7 Å². The van der Waals surface area contributed by atoms with Crippen LogP contribution in [-0.2, 0) is 11.0 Å². The summed E-state index contributed by atoms with van der Waals surface area (Å²) in [5.74, 6) is 0.654. The molecule has 0 unspecified atom stereocenters. The Balaban J connectivity index is 2.04. The van der Waals surface area contributed by atoms with Crippen molar-refractivity contribution in [2.45, 2.75) is 31.9 Å². The first-order valence-corrected chi connectivity index (χ1v) is 8.62. The fraction of sp³-hybridized carbons (Fsp3) is 0.714. The second-order valence-electron chi connectivity index (χ2n) is 5.69. The van der Waals surface area contributed by atoms with Gasteiger partial charge in [-0.15, -0.1) is 0 Å². The maximum atomic E-state index is 12.6. The van der Waals surface area contributed by atoms with Gasteiger partial charge < -0.3 is 4.90 Å². The number of carbonyl (C=O) groups is 1. The normalized spacial score (nSPS) is 21.0. The molecule has 1 aliphatic rings. The van der Waals surface area contributed by atoms with E-state index in [2.05, 4.69) is 10.2 Å². The molecule has 1 saturated heterocycles. The first kappa shape index (κ1) is 17.2. The van der Waals surface area contributed by atoms with E-state index in [1.54, 1.807) is 16.7 Å². The van der Waals surface area contributed by atoms with Gasteiger partial charge >= 0.3 is 6.18 Å². The van der Waals surface area contributed by atoms with Gasteiger partial charge in [0.05, 0.1) is 0 Å². The van der Waals surface area contributed by atoms with Crippen molar-refractivity contribution in [3.8, 4) is 0 Å². The van der Waals surface area contributed by atoms with Crippen molar-refractivity contribution in [2.75, 3.05) is 25.1 Å². The third-order valence-electron chi connectivity index (χ3n) is 3.90. The van der Waals surface area contributed by atoms with Crippen molar-refractivity contribution in [3.63, 3.8) is 0 Å². The standard InChI is InChI=1S/C14H20F3N3OS/c1-9(8-22-2)13(21)20-5-3-4-10(7-20)11-6-12(19-18-11)14(15,16)17/h6,9-10H,3-5,7-8H2,1-2H3,(H,18,19)/t9-,10-/m1/s1. The Hall–Kier alpha value is -1.18. The lowest BCUT2D eigenvalue weighted by Gasteiger charge is -2.33. The van der Waals surface area contributed by atoms with Crippen molar-refractivity contribution in [1.82, 2.24) is 15.1 Å². The van der Waals surface area contributed by atoms with Crippen LogP contribution in [0.3, 0.4) is 0 Å². The van der Waals surface area contributed by atoms with Gasteiger partial charge in [-0.25, -0.2) is 0 Å². The smallest absolute Gasteiger partial charge is 0.342 e. The summed E-state index contributed by atoms with van der Waals surface area (Å²) in [6, 6.07) is 1.06. The highest BCUT2D eigenvalue weighted by molar-refractivity contribution is 7.98. The van der Waals surface area contributed by atoms with Gasteiger partial charge in [0, 0.05) is 36.4 Å². The van der Waals surface area contributed by atoms with E-state index in [1.165, 1.54) is 0 Å². The Morgan fingerprint density at radius 3 is 2.91 bits per heavy atom. The molecule has 1 fully saturated rings. The minimum absolute atomic E-state index is 0.0683. The topological polar surface area (TPSA) is 49.0 Å². The monoisotopic (exact) mass is 335 g/mol. The van der Waals surface area contributed by atoms with Gasteiger partial charge in [-0.3, -0.25) is 9.89 Å². The van der Waals surface area contributed by atoms with Crippen molar-refractivity contribution in [1.29, 1.82) is 0 Å². The Labute approximate surface area is 131 Å². The molecule has 0 bridgehead atoms. The number of likely N-dealkylation sites (tertiary alicyclic amines) is 1. The van der Waals surface area contributed by atoms with Crippen LogP contribution in [-0.4, -0.2) is 46.1 Å². The predicted molar refractivity (Wildman–Crippen MR) is 79.7 cm³/mol. The molecule has 0 saturated carbocycles. The predicted octanol–water partition coefficient (Wildman–Crippen LogP) is 3.13. The molecule has 2 rings (SSSR count). The van der Waals surface area contributed by atoms with Crippen LogP contribution in [0.1, 0.15) is 37.1 Å². The van der Waals surface area contributed by atoms with E-state index in [-0.39, 0.29) is 17.7 Å². The zero-order chi connectivity index (χ0) is 16.3. The molecule has 1 amide bonds. The minimum atomic E-state index is -4.44. The van der Waals surface area contributed by atoms with Gasteiger partial charge in [0.25, 0.3) is 0 Å². The molecular weight excluding hydrogens is 315 g/mol. The molecule has 22 heavy (non-hydrogen) atoms. The van der Waals surface area contributed by atoms with Crippen LogP contribution in [0.15, 0.2) is 6.07 Å². The number of H-pyrrole nitrogens is 1. The number of carbonyl (C=O) groups excluding carboxylic acids is 1. The molecule has 0 spiro atoms. The van der Waals surface area contributed by atoms with E-state index in [0.29, 0.717) is 18.8 Å². The maximum absolute atomic E-state index is 12.6. The number of rotatable bonds is 4. The van der Waals surface area contributed by atoms with Crippen LogP contribution in [0.4, 0.5) is 13.2 Å². The number of amides is 1.